The predicted octanol–water partition coefficient (Wildman–Crippen LogP) is 7.55. The van der Waals surface area contributed by atoms with E-state index in [0.29, 0.717) is 49.8 Å². The summed E-state index contributed by atoms with van der Waals surface area (Å²) in [7, 11) is 0. The smallest absolute Gasteiger partial charge is 0.238 e. The Hall–Kier alpha value is -6.45. The second-order valence-electron chi connectivity index (χ2n) is 14.7. The predicted molar refractivity (Wildman–Crippen MR) is 208 cm³/mol. The number of allylic oxidation sites excluding steroid dienone is 2. The molecule has 10 heteroatoms. The number of phenols is 1. The van der Waals surface area contributed by atoms with Crippen LogP contribution in [0.2, 0.25) is 5.02 Å². The molecular weight excluding hydrogens is 728 g/mol. The van der Waals surface area contributed by atoms with Gasteiger partial charge in [0.1, 0.15) is 5.75 Å². The van der Waals surface area contributed by atoms with Crippen LogP contribution < -0.4 is 9.80 Å². The molecular formula is C46H33ClN2O7. The Bertz CT molecular complexity index is 2500. The molecule has 2 heterocycles. The van der Waals surface area contributed by atoms with Crippen LogP contribution in [0.15, 0.2) is 139 Å². The molecule has 2 saturated heterocycles. The number of amides is 4. The molecule has 9 rings (SSSR count). The van der Waals surface area contributed by atoms with Crippen LogP contribution >= 0.6 is 11.6 Å². The minimum absolute atomic E-state index is 0.107. The van der Waals surface area contributed by atoms with Crippen LogP contribution in [0.1, 0.15) is 56.2 Å². The lowest BCUT2D eigenvalue weighted by Crippen LogP contribution is -2.43. The van der Waals surface area contributed by atoms with Crippen LogP contribution in [0.4, 0.5) is 11.4 Å². The van der Waals surface area contributed by atoms with Crippen molar-refractivity contribution in [3.8, 4) is 5.75 Å². The van der Waals surface area contributed by atoms with Crippen LogP contribution in [0.25, 0.3) is 0 Å². The molecule has 0 bridgehead atoms. The molecule has 9 nitrogen and oxygen atoms in total. The first-order chi connectivity index (χ1) is 27.1. The van der Waals surface area contributed by atoms with E-state index < -0.39 is 53.2 Å². The summed E-state index contributed by atoms with van der Waals surface area (Å²) in [6, 6.07) is 34.9. The van der Waals surface area contributed by atoms with Crippen molar-refractivity contribution < 1.29 is 33.9 Å². The number of anilines is 2. The maximum atomic E-state index is 14.5. The molecule has 0 radical (unpaired) electrons. The fraction of sp³-hybridized carbons (Fsp3) is 0.174. The standard InChI is InChI=1S/C46H33ClN2O7/c47-29-15-22-37(50)35(23-29)38-32-20-21-33-39(45(55)48(43(33)53)30-16-11-27(12-17-30)41(51)25-7-3-1-4-8-25)34(32)24-36-40(38)46(56)49(44(36)54)31-18-13-28(14-19-31)42(52)26-9-5-2-6-10-26/h1-20,22-23,33-34,36,38-40,50H,21,24H2. The highest BCUT2D eigenvalue weighted by Crippen LogP contribution is 2.59. The normalized spacial score (nSPS) is 24.1. The first kappa shape index (κ1) is 35.3. The molecule has 5 aromatic carbocycles. The Kier molecular flexibility index (Phi) is 8.62. The van der Waals surface area contributed by atoms with Gasteiger partial charge in [-0.15, -0.1) is 0 Å². The highest BCUT2D eigenvalue weighted by Gasteiger charge is 2.62. The van der Waals surface area contributed by atoms with Gasteiger partial charge in [0.2, 0.25) is 23.6 Å². The Balaban J connectivity index is 1.05. The van der Waals surface area contributed by atoms with E-state index in [1.165, 1.54) is 17.0 Å². The van der Waals surface area contributed by atoms with Gasteiger partial charge in [-0.25, -0.2) is 0 Å². The fourth-order valence-electron chi connectivity index (χ4n) is 9.26. The summed E-state index contributed by atoms with van der Waals surface area (Å²) in [6.07, 6.45) is 2.26. The Morgan fingerprint density at radius 2 is 1.04 bits per heavy atom. The third-order valence-electron chi connectivity index (χ3n) is 11.8. The van der Waals surface area contributed by atoms with Crippen molar-refractivity contribution in [1.29, 1.82) is 0 Å². The lowest BCUT2D eigenvalue weighted by molar-refractivity contribution is -0.126. The number of carbonyl (C=O) groups excluding carboxylic acids is 6. The number of nitrogens with zero attached hydrogens (tertiary/aromatic N) is 2. The lowest BCUT2D eigenvalue weighted by atomic mass is 9.57. The third-order valence-corrected chi connectivity index (χ3v) is 12.1. The summed E-state index contributed by atoms with van der Waals surface area (Å²) in [5, 5.41) is 11.6. The number of rotatable bonds is 7. The molecule has 276 valence electrons. The van der Waals surface area contributed by atoms with Crippen molar-refractivity contribution in [1.82, 2.24) is 0 Å². The van der Waals surface area contributed by atoms with E-state index in [4.69, 9.17) is 11.6 Å². The minimum atomic E-state index is -0.922. The Morgan fingerprint density at radius 1 is 0.554 bits per heavy atom. The lowest BCUT2D eigenvalue weighted by Gasteiger charge is -2.44. The summed E-state index contributed by atoms with van der Waals surface area (Å²) in [6.45, 7) is 0. The van der Waals surface area contributed by atoms with Gasteiger partial charge >= 0.3 is 0 Å². The molecule has 2 aliphatic heterocycles. The summed E-state index contributed by atoms with van der Waals surface area (Å²) < 4.78 is 0. The second-order valence-corrected chi connectivity index (χ2v) is 15.2. The molecule has 3 fully saturated rings. The number of phenolic OH excluding ortho intramolecular Hbond substituents is 1. The van der Waals surface area contributed by atoms with Gasteiger partial charge in [0.05, 0.1) is 35.0 Å². The number of hydrogen-bond acceptors (Lipinski definition) is 7. The summed E-state index contributed by atoms with van der Waals surface area (Å²) in [4.78, 5) is 86.0. The summed E-state index contributed by atoms with van der Waals surface area (Å²) >= 11 is 6.47. The van der Waals surface area contributed by atoms with Crippen molar-refractivity contribution in [3.63, 3.8) is 0 Å². The van der Waals surface area contributed by atoms with Gasteiger partial charge < -0.3 is 5.11 Å². The van der Waals surface area contributed by atoms with E-state index in [9.17, 15) is 33.9 Å². The molecule has 4 aliphatic rings. The van der Waals surface area contributed by atoms with Crippen molar-refractivity contribution in [2.45, 2.75) is 18.8 Å². The molecule has 1 N–H and O–H groups in total. The fourth-order valence-corrected chi connectivity index (χ4v) is 9.44. The molecule has 6 unspecified atom stereocenters. The highest BCUT2D eigenvalue weighted by molar-refractivity contribution is 6.30. The molecule has 5 aromatic rings. The van der Waals surface area contributed by atoms with Crippen molar-refractivity contribution in [2.24, 2.45) is 29.6 Å². The Labute approximate surface area is 326 Å². The number of ketones is 2. The van der Waals surface area contributed by atoms with E-state index in [1.807, 2.05) is 18.2 Å². The molecule has 1 saturated carbocycles. The Morgan fingerprint density at radius 3 is 1.57 bits per heavy atom. The van der Waals surface area contributed by atoms with E-state index in [-0.39, 0.29) is 36.1 Å². The molecule has 0 spiro atoms. The van der Waals surface area contributed by atoms with Gasteiger partial charge in [-0.05, 0) is 85.5 Å². The van der Waals surface area contributed by atoms with Crippen LogP contribution in [-0.2, 0) is 19.2 Å². The molecule has 2 aliphatic carbocycles. The summed E-state index contributed by atoms with van der Waals surface area (Å²) in [5.41, 5.74) is 3.54. The van der Waals surface area contributed by atoms with Crippen LogP contribution in [0, 0.1) is 29.6 Å². The maximum absolute atomic E-state index is 14.5. The van der Waals surface area contributed by atoms with Crippen LogP contribution in [-0.4, -0.2) is 40.3 Å². The minimum Gasteiger partial charge on any atom is -0.508 e. The van der Waals surface area contributed by atoms with Crippen molar-refractivity contribution in [2.75, 3.05) is 9.80 Å². The average Bonchev–Trinajstić information content (AvgIpc) is 3.64. The first-order valence-electron chi connectivity index (χ1n) is 18.5. The number of hydrogen-bond donors (Lipinski definition) is 1. The van der Waals surface area contributed by atoms with Crippen molar-refractivity contribution >= 4 is 58.2 Å². The number of fused-ring (bicyclic) bond motifs is 4. The van der Waals surface area contributed by atoms with Crippen LogP contribution in [0.5, 0.6) is 5.75 Å². The molecule has 6 atom stereocenters. The topological polar surface area (TPSA) is 129 Å². The number of imide groups is 2. The van der Waals surface area contributed by atoms with Gasteiger partial charge in [-0.3, -0.25) is 38.6 Å². The summed E-state index contributed by atoms with van der Waals surface area (Å²) in [5.74, 6) is -6.93. The van der Waals surface area contributed by atoms with E-state index in [2.05, 4.69) is 0 Å². The van der Waals surface area contributed by atoms with Gasteiger partial charge in [0.15, 0.2) is 11.6 Å². The van der Waals surface area contributed by atoms with E-state index in [0.717, 1.165) is 4.90 Å². The quantitative estimate of drug-likeness (QED) is 0.103. The zero-order chi connectivity index (χ0) is 38.8. The van der Waals surface area contributed by atoms with Crippen molar-refractivity contribution in [3.05, 3.63) is 172 Å². The number of carbonyl (C=O) groups is 6. The average molecular weight is 761 g/mol. The van der Waals surface area contributed by atoms with Gasteiger partial charge in [-0.1, -0.05) is 83.9 Å². The van der Waals surface area contributed by atoms with Gasteiger partial charge in [0, 0.05) is 38.8 Å². The first-order valence-corrected chi connectivity index (χ1v) is 18.8. The monoisotopic (exact) mass is 760 g/mol. The number of benzene rings is 5. The van der Waals surface area contributed by atoms with Gasteiger partial charge in [-0.2, -0.15) is 0 Å². The van der Waals surface area contributed by atoms with Crippen LogP contribution in [0.3, 0.4) is 0 Å². The van der Waals surface area contributed by atoms with E-state index >= 15 is 0 Å². The highest BCUT2D eigenvalue weighted by atomic mass is 35.5. The zero-order valence-corrected chi connectivity index (χ0v) is 30.5. The molecule has 56 heavy (non-hydrogen) atoms. The van der Waals surface area contributed by atoms with Gasteiger partial charge in [0.25, 0.3) is 0 Å². The second kappa shape index (κ2) is 13.7. The molecule has 0 aromatic heterocycles. The number of aromatic hydroxyl groups is 1. The third kappa shape index (κ3) is 5.61. The van der Waals surface area contributed by atoms with E-state index in [1.54, 1.807) is 103 Å². The maximum Gasteiger partial charge on any atom is 0.238 e. The zero-order valence-electron chi connectivity index (χ0n) is 29.7. The SMILES string of the molecule is O=C(c1ccccc1)c1ccc(N2C(=O)C3CC=C4C(CC5C(=O)N(c6ccc(C(=O)c7ccccc7)cc6)C(=O)C5C4c4cc(Cl)ccc4O)C3C2=O)cc1. The molecule has 4 amide bonds. The number of halogens is 1. The largest absolute Gasteiger partial charge is 0.508 e.